The van der Waals surface area contributed by atoms with Crippen molar-refractivity contribution >= 4 is 23.6 Å². The van der Waals surface area contributed by atoms with E-state index in [0.717, 1.165) is 5.56 Å². The molecule has 1 aliphatic rings. The molecule has 2 bridgehead atoms. The highest BCUT2D eigenvalue weighted by molar-refractivity contribution is 5.98. The van der Waals surface area contributed by atoms with Crippen molar-refractivity contribution in [1.29, 1.82) is 0 Å². The molecule has 2 aromatic rings. The summed E-state index contributed by atoms with van der Waals surface area (Å²) in [4.78, 5) is 33.4. The van der Waals surface area contributed by atoms with Crippen LogP contribution < -0.4 is 27.0 Å². The summed E-state index contributed by atoms with van der Waals surface area (Å²) in [6.45, 7) is 4.10. The van der Waals surface area contributed by atoms with E-state index in [-0.39, 0.29) is 11.8 Å². The number of hydrogen-bond donors (Lipinski definition) is 5. The van der Waals surface area contributed by atoms with E-state index >= 15 is 0 Å². The Labute approximate surface area is 176 Å². The number of fused-ring (bicyclic) bond motifs is 2. The zero-order chi connectivity index (χ0) is 21.3. The van der Waals surface area contributed by atoms with E-state index in [1.54, 1.807) is 0 Å². The lowest BCUT2D eigenvalue weighted by atomic mass is 10.1. The molecule has 0 aliphatic carbocycles. The van der Waals surface area contributed by atoms with E-state index in [4.69, 9.17) is 5.73 Å². The van der Waals surface area contributed by atoms with Crippen LogP contribution in [0.1, 0.15) is 40.7 Å². The van der Waals surface area contributed by atoms with Crippen molar-refractivity contribution < 1.29 is 9.59 Å². The van der Waals surface area contributed by atoms with Gasteiger partial charge in [0, 0.05) is 32.4 Å². The fourth-order valence-electron chi connectivity index (χ4n) is 3.04. The van der Waals surface area contributed by atoms with Gasteiger partial charge < -0.3 is 27.0 Å². The molecule has 30 heavy (non-hydrogen) atoms. The molecule has 9 nitrogen and oxygen atoms in total. The molecule has 1 aromatic carbocycles. The zero-order valence-corrected chi connectivity index (χ0v) is 17.2. The van der Waals surface area contributed by atoms with Crippen LogP contribution in [0.3, 0.4) is 0 Å². The number of aryl methyl sites for hydroxylation is 1. The summed E-state index contributed by atoms with van der Waals surface area (Å²) in [6, 6.07) is 7.46. The predicted molar refractivity (Wildman–Crippen MR) is 116 cm³/mol. The molecule has 0 unspecified atom stereocenters. The SMILES string of the molecule is Cc1ccc(CNC(=O)c2cnc3nc2NCCC[C@H](N)C(=O)NCCCN3)cc1. The number of aromatic nitrogens is 2. The predicted octanol–water partition coefficient (Wildman–Crippen LogP) is 1.17. The van der Waals surface area contributed by atoms with Gasteiger partial charge in [0.2, 0.25) is 11.9 Å². The van der Waals surface area contributed by atoms with Gasteiger partial charge in [0.25, 0.3) is 5.91 Å². The number of amides is 2. The molecule has 0 saturated heterocycles. The second-order valence-corrected chi connectivity index (χ2v) is 7.37. The molecule has 0 fully saturated rings. The van der Waals surface area contributed by atoms with Crippen LogP contribution in [0.15, 0.2) is 30.5 Å². The lowest BCUT2D eigenvalue weighted by Gasteiger charge is -2.16. The standard InChI is InChI=1S/C21H29N7O2/c1-14-5-7-15(8-6-14)12-26-19(29)16-13-27-21-25-11-3-10-24-20(30)17(22)4-2-9-23-18(16)28-21/h5-8,13,17H,2-4,9-12,22H2,1H3,(H,24,30)(H,26,29)(H2,23,25,27,28)/t17-/m0/s1. The van der Waals surface area contributed by atoms with Gasteiger partial charge in [-0.1, -0.05) is 29.8 Å². The van der Waals surface area contributed by atoms with Gasteiger partial charge in [0.05, 0.1) is 6.04 Å². The Kier molecular flexibility index (Phi) is 7.56. The van der Waals surface area contributed by atoms with Crippen LogP contribution in [0.25, 0.3) is 0 Å². The summed E-state index contributed by atoms with van der Waals surface area (Å²) >= 11 is 0. The fraction of sp³-hybridized carbons (Fsp3) is 0.429. The molecule has 2 amide bonds. The number of anilines is 2. The summed E-state index contributed by atoms with van der Waals surface area (Å²) in [5.41, 5.74) is 8.49. The first-order chi connectivity index (χ1) is 14.5. The molecular formula is C21H29N7O2. The van der Waals surface area contributed by atoms with Gasteiger partial charge in [-0.25, -0.2) is 4.98 Å². The molecule has 1 atom stereocenters. The monoisotopic (exact) mass is 411 g/mol. The van der Waals surface area contributed by atoms with Crippen LogP contribution in [0.4, 0.5) is 11.8 Å². The summed E-state index contributed by atoms with van der Waals surface area (Å²) in [6.07, 6.45) is 3.46. The Morgan fingerprint density at radius 3 is 2.67 bits per heavy atom. The average molecular weight is 412 g/mol. The highest BCUT2D eigenvalue weighted by Crippen LogP contribution is 2.15. The number of nitrogens with zero attached hydrogens (tertiary/aromatic N) is 2. The molecule has 0 saturated carbocycles. The Balaban J connectivity index is 1.69. The molecule has 1 aromatic heterocycles. The van der Waals surface area contributed by atoms with Crippen LogP contribution in [0.5, 0.6) is 0 Å². The highest BCUT2D eigenvalue weighted by Gasteiger charge is 2.16. The summed E-state index contributed by atoms with van der Waals surface area (Å²) in [7, 11) is 0. The van der Waals surface area contributed by atoms with Crippen LogP contribution in [-0.2, 0) is 11.3 Å². The van der Waals surface area contributed by atoms with Crippen molar-refractivity contribution in [1.82, 2.24) is 20.6 Å². The maximum atomic E-state index is 12.7. The van der Waals surface area contributed by atoms with Crippen LogP contribution in [0, 0.1) is 6.92 Å². The number of nitrogens with one attached hydrogen (secondary N) is 4. The van der Waals surface area contributed by atoms with E-state index in [1.165, 1.54) is 11.8 Å². The molecule has 3 rings (SSSR count). The molecule has 160 valence electrons. The lowest BCUT2D eigenvalue weighted by Crippen LogP contribution is -2.41. The van der Waals surface area contributed by atoms with Gasteiger partial charge in [0.1, 0.15) is 11.4 Å². The second-order valence-electron chi connectivity index (χ2n) is 7.37. The minimum Gasteiger partial charge on any atom is -0.369 e. The first-order valence-corrected chi connectivity index (χ1v) is 10.2. The largest absolute Gasteiger partial charge is 0.369 e. The average Bonchev–Trinajstić information content (AvgIpc) is 2.75. The Hall–Kier alpha value is -3.20. The minimum absolute atomic E-state index is 0.141. The van der Waals surface area contributed by atoms with Crippen LogP contribution in [0.2, 0.25) is 0 Å². The third-order valence-corrected chi connectivity index (χ3v) is 4.86. The normalized spacial score (nSPS) is 17.7. The number of carbonyl (C=O) groups excluding carboxylic acids is 2. The molecule has 6 N–H and O–H groups in total. The van der Waals surface area contributed by atoms with Crippen molar-refractivity contribution in [2.45, 2.75) is 38.8 Å². The van der Waals surface area contributed by atoms with Crippen molar-refractivity contribution in [2.75, 3.05) is 30.3 Å². The minimum atomic E-state index is -0.541. The molecule has 9 heteroatoms. The van der Waals surface area contributed by atoms with Gasteiger partial charge in [-0.2, -0.15) is 4.98 Å². The third-order valence-electron chi connectivity index (χ3n) is 4.86. The Bertz CT molecular complexity index is 870. The number of benzene rings is 1. The summed E-state index contributed by atoms with van der Waals surface area (Å²) < 4.78 is 0. The number of hydrogen-bond acceptors (Lipinski definition) is 7. The maximum Gasteiger partial charge on any atom is 0.256 e. The van der Waals surface area contributed by atoms with Gasteiger partial charge in [-0.3, -0.25) is 9.59 Å². The van der Waals surface area contributed by atoms with Gasteiger partial charge in [-0.05, 0) is 31.7 Å². The smallest absolute Gasteiger partial charge is 0.256 e. The first-order valence-electron chi connectivity index (χ1n) is 10.2. The third kappa shape index (κ3) is 6.15. The second kappa shape index (κ2) is 10.5. The van der Waals surface area contributed by atoms with E-state index in [1.807, 2.05) is 31.2 Å². The molecule has 2 heterocycles. The Morgan fingerprint density at radius 2 is 1.87 bits per heavy atom. The van der Waals surface area contributed by atoms with Crippen molar-refractivity contribution in [3.05, 3.63) is 47.2 Å². The first kappa shape index (κ1) is 21.5. The molecule has 0 spiro atoms. The quantitative estimate of drug-likeness (QED) is 0.512. The Morgan fingerprint density at radius 1 is 1.13 bits per heavy atom. The number of carbonyl (C=O) groups is 2. The van der Waals surface area contributed by atoms with Crippen molar-refractivity contribution in [2.24, 2.45) is 5.73 Å². The van der Waals surface area contributed by atoms with E-state index in [2.05, 4.69) is 31.2 Å². The van der Waals surface area contributed by atoms with Gasteiger partial charge >= 0.3 is 0 Å². The van der Waals surface area contributed by atoms with Crippen LogP contribution >= 0.6 is 0 Å². The van der Waals surface area contributed by atoms with Crippen LogP contribution in [-0.4, -0.2) is 47.5 Å². The van der Waals surface area contributed by atoms with Crippen molar-refractivity contribution in [3.63, 3.8) is 0 Å². The topological polar surface area (TPSA) is 134 Å². The number of nitrogens with two attached hydrogens (primary N) is 1. The van der Waals surface area contributed by atoms with Crippen molar-refractivity contribution in [3.8, 4) is 0 Å². The summed E-state index contributed by atoms with van der Waals surface area (Å²) in [5, 5.41) is 12.1. The fourth-order valence-corrected chi connectivity index (χ4v) is 3.04. The van der Waals surface area contributed by atoms with E-state index < -0.39 is 6.04 Å². The van der Waals surface area contributed by atoms with Gasteiger partial charge in [0.15, 0.2) is 0 Å². The lowest BCUT2D eigenvalue weighted by molar-refractivity contribution is -0.122. The van der Waals surface area contributed by atoms with E-state index in [0.29, 0.717) is 62.8 Å². The van der Waals surface area contributed by atoms with Gasteiger partial charge in [-0.15, -0.1) is 0 Å². The summed E-state index contributed by atoms with van der Waals surface area (Å²) in [5.74, 6) is 0.511. The maximum absolute atomic E-state index is 12.7. The molecule has 1 aliphatic heterocycles. The molecule has 0 radical (unpaired) electrons. The zero-order valence-electron chi connectivity index (χ0n) is 17.2. The molecular weight excluding hydrogens is 382 g/mol. The van der Waals surface area contributed by atoms with E-state index in [9.17, 15) is 9.59 Å². The number of rotatable bonds is 3. The highest BCUT2D eigenvalue weighted by atomic mass is 16.2.